The predicted octanol–water partition coefficient (Wildman–Crippen LogP) is 5.32. The summed E-state index contributed by atoms with van der Waals surface area (Å²) in [6.45, 7) is 6.55. The summed E-state index contributed by atoms with van der Waals surface area (Å²) in [7, 11) is 0. The van der Waals surface area contributed by atoms with Gasteiger partial charge in [0.05, 0.1) is 0 Å². The molecule has 112 valence electrons. The Labute approximate surface area is 133 Å². The summed E-state index contributed by atoms with van der Waals surface area (Å²) in [6.07, 6.45) is 2.23. The van der Waals surface area contributed by atoms with Gasteiger partial charge in [0, 0.05) is 17.1 Å². The molecule has 1 unspecified atom stereocenters. The smallest absolute Gasteiger partial charge is 0.0453 e. The summed E-state index contributed by atoms with van der Waals surface area (Å²) >= 11 is 6.25. The standard InChI is InChI=1S/C19H24ClN/c1-14-7-6-8-17(13-14)12-11-15(2)21-16(3)18-9-4-5-10-19(18)20/h4-10,13,15-16,21H,11-12H2,1-3H3/t15?,16-/m0/s1. The average molecular weight is 302 g/mol. The molecule has 0 fully saturated rings. The van der Waals surface area contributed by atoms with Crippen molar-refractivity contribution in [3.63, 3.8) is 0 Å². The number of aryl methyl sites for hydroxylation is 2. The molecule has 0 amide bonds. The lowest BCUT2D eigenvalue weighted by Gasteiger charge is -2.21. The van der Waals surface area contributed by atoms with Crippen LogP contribution in [0.5, 0.6) is 0 Å². The Morgan fingerprint density at radius 1 is 1.05 bits per heavy atom. The third-order valence-electron chi connectivity index (χ3n) is 3.85. The third kappa shape index (κ3) is 4.87. The molecule has 2 heteroatoms. The Morgan fingerprint density at radius 3 is 2.52 bits per heavy atom. The summed E-state index contributed by atoms with van der Waals surface area (Å²) in [5, 5.41) is 4.47. The average Bonchev–Trinajstić information content (AvgIpc) is 2.45. The van der Waals surface area contributed by atoms with E-state index in [0.29, 0.717) is 6.04 Å². The molecule has 21 heavy (non-hydrogen) atoms. The van der Waals surface area contributed by atoms with Crippen LogP contribution in [0.2, 0.25) is 5.02 Å². The van der Waals surface area contributed by atoms with Crippen molar-refractivity contribution < 1.29 is 0 Å². The number of hydrogen-bond donors (Lipinski definition) is 1. The van der Waals surface area contributed by atoms with Crippen LogP contribution < -0.4 is 5.32 Å². The van der Waals surface area contributed by atoms with Gasteiger partial charge >= 0.3 is 0 Å². The van der Waals surface area contributed by atoms with E-state index >= 15 is 0 Å². The highest BCUT2D eigenvalue weighted by Gasteiger charge is 2.12. The Hall–Kier alpha value is -1.31. The van der Waals surface area contributed by atoms with Crippen molar-refractivity contribution in [3.8, 4) is 0 Å². The van der Waals surface area contributed by atoms with Crippen LogP contribution in [-0.2, 0) is 6.42 Å². The second-order valence-electron chi connectivity index (χ2n) is 5.84. The molecule has 2 aromatic carbocycles. The van der Waals surface area contributed by atoms with Crippen LogP contribution in [0.1, 0.15) is 43.0 Å². The first-order valence-electron chi connectivity index (χ1n) is 7.62. The lowest BCUT2D eigenvalue weighted by atomic mass is 10.0. The summed E-state index contributed by atoms with van der Waals surface area (Å²) in [5.41, 5.74) is 3.91. The minimum atomic E-state index is 0.270. The van der Waals surface area contributed by atoms with Crippen LogP contribution >= 0.6 is 11.6 Å². The minimum Gasteiger partial charge on any atom is -0.308 e. The summed E-state index contributed by atoms with van der Waals surface area (Å²) < 4.78 is 0. The van der Waals surface area contributed by atoms with Crippen LogP contribution in [-0.4, -0.2) is 6.04 Å². The second-order valence-corrected chi connectivity index (χ2v) is 6.25. The van der Waals surface area contributed by atoms with Gasteiger partial charge in [-0.3, -0.25) is 0 Å². The molecule has 0 aliphatic heterocycles. The van der Waals surface area contributed by atoms with Crippen LogP contribution in [0, 0.1) is 6.92 Å². The third-order valence-corrected chi connectivity index (χ3v) is 4.20. The molecular formula is C19H24ClN. The van der Waals surface area contributed by atoms with Gasteiger partial charge in [-0.2, -0.15) is 0 Å². The largest absolute Gasteiger partial charge is 0.308 e. The van der Waals surface area contributed by atoms with Gasteiger partial charge in [-0.25, -0.2) is 0 Å². The van der Waals surface area contributed by atoms with E-state index in [2.05, 4.69) is 56.4 Å². The maximum atomic E-state index is 6.25. The van der Waals surface area contributed by atoms with Gasteiger partial charge in [-0.1, -0.05) is 59.6 Å². The normalized spacial score (nSPS) is 13.9. The molecule has 0 aromatic heterocycles. The van der Waals surface area contributed by atoms with E-state index in [1.165, 1.54) is 16.7 Å². The molecule has 1 nitrogen and oxygen atoms in total. The van der Waals surface area contributed by atoms with Gasteiger partial charge in [0.25, 0.3) is 0 Å². The molecule has 0 spiro atoms. The topological polar surface area (TPSA) is 12.0 Å². The monoisotopic (exact) mass is 301 g/mol. The van der Waals surface area contributed by atoms with Gasteiger partial charge in [0.1, 0.15) is 0 Å². The van der Waals surface area contributed by atoms with Crippen LogP contribution in [0.3, 0.4) is 0 Å². The molecule has 1 N–H and O–H groups in total. The zero-order chi connectivity index (χ0) is 15.2. The molecule has 2 rings (SSSR count). The Balaban J connectivity index is 1.87. The van der Waals surface area contributed by atoms with Crippen LogP contribution in [0.15, 0.2) is 48.5 Å². The number of halogens is 1. The number of benzene rings is 2. The first-order chi connectivity index (χ1) is 10.1. The summed E-state index contributed by atoms with van der Waals surface area (Å²) in [5.74, 6) is 0. The molecule has 2 aromatic rings. The quantitative estimate of drug-likeness (QED) is 0.761. The van der Waals surface area contributed by atoms with Crippen molar-refractivity contribution >= 4 is 11.6 Å². The zero-order valence-corrected chi connectivity index (χ0v) is 13.8. The molecular weight excluding hydrogens is 278 g/mol. The van der Waals surface area contributed by atoms with E-state index in [9.17, 15) is 0 Å². The molecule has 0 saturated carbocycles. The number of nitrogens with one attached hydrogen (secondary N) is 1. The molecule has 0 saturated heterocycles. The second kappa shape index (κ2) is 7.63. The molecule has 0 bridgehead atoms. The van der Waals surface area contributed by atoms with E-state index in [0.717, 1.165) is 17.9 Å². The van der Waals surface area contributed by atoms with Crippen molar-refractivity contribution in [3.05, 3.63) is 70.2 Å². The maximum Gasteiger partial charge on any atom is 0.0453 e. The molecule has 0 aliphatic carbocycles. The number of hydrogen-bond acceptors (Lipinski definition) is 1. The Kier molecular flexibility index (Phi) is 5.84. The van der Waals surface area contributed by atoms with E-state index < -0.39 is 0 Å². The fourth-order valence-electron chi connectivity index (χ4n) is 2.68. The Bertz CT molecular complexity index is 579. The number of rotatable bonds is 6. The first kappa shape index (κ1) is 16.1. The van der Waals surface area contributed by atoms with Gasteiger partial charge in [0.2, 0.25) is 0 Å². The first-order valence-corrected chi connectivity index (χ1v) is 8.00. The highest BCUT2D eigenvalue weighted by Crippen LogP contribution is 2.23. The lowest BCUT2D eigenvalue weighted by molar-refractivity contribution is 0.456. The molecule has 0 radical (unpaired) electrons. The van der Waals surface area contributed by atoms with Crippen molar-refractivity contribution in [1.82, 2.24) is 5.32 Å². The summed E-state index contributed by atoms with van der Waals surface area (Å²) in [4.78, 5) is 0. The Morgan fingerprint density at radius 2 is 1.81 bits per heavy atom. The van der Waals surface area contributed by atoms with Crippen molar-refractivity contribution in [1.29, 1.82) is 0 Å². The van der Waals surface area contributed by atoms with Crippen LogP contribution in [0.25, 0.3) is 0 Å². The summed E-state index contributed by atoms with van der Waals surface area (Å²) in [6, 6.07) is 17.5. The zero-order valence-electron chi connectivity index (χ0n) is 13.1. The SMILES string of the molecule is Cc1cccc(CCC(C)N[C@@H](C)c2ccccc2Cl)c1. The maximum absolute atomic E-state index is 6.25. The minimum absolute atomic E-state index is 0.270. The van der Waals surface area contributed by atoms with E-state index in [1.54, 1.807) is 0 Å². The highest BCUT2D eigenvalue weighted by molar-refractivity contribution is 6.31. The van der Waals surface area contributed by atoms with Gasteiger partial charge in [-0.05, 0) is 50.8 Å². The van der Waals surface area contributed by atoms with E-state index in [-0.39, 0.29) is 6.04 Å². The van der Waals surface area contributed by atoms with Crippen LogP contribution in [0.4, 0.5) is 0 Å². The van der Waals surface area contributed by atoms with Crippen molar-refractivity contribution in [2.24, 2.45) is 0 Å². The van der Waals surface area contributed by atoms with E-state index in [1.807, 2.05) is 18.2 Å². The fraction of sp³-hybridized carbons (Fsp3) is 0.368. The predicted molar refractivity (Wildman–Crippen MR) is 92.0 cm³/mol. The van der Waals surface area contributed by atoms with Crippen molar-refractivity contribution in [2.45, 2.75) is 45.7 Å². The molecule has 0 heterocycles. The van der Waals surface area contributed by atoms with E-state index in [4.69, 9.17) is 11.6 Å². The highest BCUT2D eigenvalue weighted by atomic mass is 35.5. The lowest BCUT2D eigenvalue weighted by Crippen LogP contribution is -2.29. The van der Waals surface area contributed by atoms with Crippen molar-refractivity contribution in [2.75, 3.05) is 0 Å². The fourth-order valence-corrected chi connectivity index (χ4v) is 2.98. The molecule has 0 aliphatic rings. The van der Waals surface area contributed by atoms with Gasteiger partial charge in [-0.15, -0.1) is 0 Å². The molecule has 2 atom stereocenters. The van der Waals surface area contributed by atoms with Gasteiger partial charge < -0.3 is 5.32 Å². The van der Waals surface area contributed by atoms with Gasteiger partial charge in [0.15, 0.2) is 0 Å².